The molecule has 0 aromatic carbocycles. The van der Waals surface area contributed by atoms with E-state index in [4.69, 9.17) is 5.73 Å². The van der Waals surface area contributed by atoms with E-state index in [2.05, 4.69) is 41.2 Å². The van der Waals surface area contributed by atoms with E-state index < -0.39 is 0 Å². The van der Waals surface area contributed by atoms with Crippen molar-refractivity contribution in [3.05, 3.63) is 42.0 Å². The van der Waals surface area contributed by atoms with Crippen LogP contribution in [0.4, 0.5) is 0 Å². The number of hydrogen-bond acceptors (Lipinski definition) is 2. The Morgan fingerprint density at radius 2 is 2.18 bits per heavy atom. The molecule has 0 saturated heterocycles. The van der Waals surface area contributed by atoms with Crippen molar-refractivity contribution in [1.82, 2.24) is 14.3 Å². The lowest BCUT2D eigenvalue weighted by Crippen LogP contribution is -2.17. The highest BCUT2D eigenvalue weighted by molar-refractivity contribution is 5.14. The predicted octanol–water partition coefficient (Wildman–Crippen LogP) is 1.64. The second-order valence-corrected chi connectivity index (χ2v) is 4.58. The zero-order valence-corrected chi connectivity index (χ0v) is 10.5. The van der Waals surface area contributed by atoms with Crippen LogP contribution in [0.2, 0.25) is 0 Å². The Balaban J connectivity index is 2.01. The van der Waals surface area contributed by atoms with Crippen molar-refractivity contribution in [2.75, 3.05) is 0 Å². The van der Waals surface area contributed by atoms with Crippen molar-refractivity contribution in [2.24, 2.45) is 5.73 Å². The third kappa shape index (κ3) is 3.20. The molecular weight excluding hydrogens is 212 g/mol. The van der Waals surface area contributed by atoms with Gasteiger partial charge in [-0.25, -0.2) is 0 Å². The standard InChI is InChI=1S/C13H20N4/c1-3-17-10-13(7-15-17)9-16-5-4-12(8-16)6-11(2)14/h4-5,7-8,10-11H,3,6,9,14H2,1-2H3. The molecule has 0 saturated carbocycles. The van der Waals surface area contributed by atoms with Gasteiger partial charge in [0.15, 0.2) is 0 Å². The number of hydrogen-bond donors (Lipinski definition) is 1. The highest BCUT2D eigenvalue weighted by atomic mass is 15.3. The first-order valence-corrected chi connectivity index (χ1v) is 6.09. The van der Waals surface area contributed by atoms with Crippen LogP contribution in [0.25, 0.3) is 0 Å². The van der Waals surface area contributed by atoms with Gasteiger partial charge < -0.3 is 10.3 Å². The molecule has 0 spiro atoms. The minimum atomic E-state index is 0.216. The molecule has 2 N–H and O–H groups in total. The van der Waals surface area contributed by atoms with Crippen LogP contribution >= 0.6 is 0 Å². The van der Waals surface area contributed by atoms with Gasteiger partial charge in [-0.2, -0.15) is 5.10 Å². The van der Waals surface area contributed by atoms with Gasteiger partial charge in [-0.05, 0) is 31.9 Å². The molecule has 0 radical (unpaired) electrons. The quantitative estimate of drug-likeness (QED) is 0.852. The van der Waals surface area contributed by atoms with E-state index in [-0.39, 0.29) is 6.04 Å². The molecule has 92 valence electrons. The summed E-state index contributed by atoms with van der Waals surface area (Å²) in [7, 11) is 0. The second kappa shape index (κ2) is 5.19. The summed E-state index contributed by atoms with van der Waals surface area (Å²) in [5.41, 5.74) is 8.31. The Morgan fingerprint density at radius 1 is 1.35 bits per heavy atom. The molecule has 0 fully saturated rings. The van der Waals surface area contributed by atoms with Crippen molar-refractivity contribution in [3.8, 4) is 0 Å². The minimum Gasteiger partial charge on any atom is -0.350 e. The first kappa shape index (κ1) is 11.9. The zero-order chi connectivity index (χ0) is 12.3. The van der Waals surface area contributed by atoms with Gasteiger partial charge >= 0.3 is 0 Å². The Labute approximate surface area is 102 Å². The van der Waals surface area contributed by atoms with Crippen molar-refractivity contribution in [1.29, 1.82) is 0 Å². The maximum atomic E-state index is 5.79. The molecule has 0 bridgehead atoms. The van der Waals surface area contributed by atoms with Crippen molar-refractivity contribution < 1.29 is 0 Å². The van der Waals surface area contributed by atoms with Gasteiger partial charge in [0, 0.05) is 36.7 Å². The summed E-state index contributed by atoms with van der Waals surface area (Å²) in [5.74, 6) is 0. The lowest BCUT2D eigenvalue weighted by atomic mass is 10.1. The molecule has 1 atom stereocenters. The van der Waals surface area contributed by atoms with Gasteiger partial charge in [0.2, 0.25) is 0 Å². The van der Waals surface area contributed by atoms with Crippen LogP contribution in [0.15, 0.2) is 30.9 Å². The lowest BCUT2D eigenvalue weighted by Gasteiger charge is -2.02. The summed E-state index contributed by atoms with van der Waals surface area (Å²) < 4.78 is 4.12. The van der Waals surface area contributed by atoms with E-state index in [1.807, 2.05) is 17.8 Å². The smallest absolute Gasteiger partial charge is 0.0539 e. The number of aryl methyl sites for hydroxylation is 1. The summed E-state index contributed by atoms with van der Waals surface area (Å²) in [5, 5.41) is 4.27. The summed E-state index contributed by atoms with van der Waals surface area (Å²) >= 11 is 0. The van der Waals surface area contributed by atoms with Crippen LogP contribution < -0.4 is 5.73 Å². The third-order valence-corrected chi connectivity index (χ3v) is 2.75. The zero-order valence-electron chi connectivity index (χ0n) is 10.5. The van der Waals surface area contributed by atoms with Crippen LogP contribution in [0.5, 0.6) is 0 Å². The number of aromatic nitrogens is 3. The number of nitrogens with zero attached hydrogens (tertiary/aromatic N) is 3. The molecule has 0 aliphatic heterocycles. The van der Waals surface area contributed by atoms with E-state index in [1.165, 1.54) is 11.1 Å². The van der Waals surface area contributed by atoms with E-state index >= 15 is 0 Å². The Bertz CT molecular complexity index is 467. The third-order valence-electron chi connectivity index (χ3n) is 2.75. The van der Waals surface area contributed by atoms with Crippen molar-refractivity contribution in [2.45, 2.75) is 39.4 Å². The molecule has 1 unspecified atom stereocenters. The molecule has 4 heteroatoms. The van der Waals surface area contributed by atoms with Crippen LogP contribution in [0.1, 0.15) is 25.0 Å². The molecular formula is C13H20N4. The maximum Gasteiger partial charge on any atom is 0.0539 e. The summed E-state index contributed by atoms with van der Waals surface area (Å²) in [4.78, 5) is 0. The highest BCUT2D eigenvalue weighted by Crippen LogP contribution is 2.07. The minimum absolute atomic E-state index is 0.216. The van der Waals surface area contributed by atoms with Crippen molar-refractivity contribution in [3.63, 3.8) is 0 Å². The van der Waals surface area contributed by atoms with Crippen LogP contribution in [0.3, 0.4) is 0 Å². The molecule has 2 rings (SSSR count). The summed E-state index contributed by atoms with van der Waals surface area (Å²) in [6.07, 6.45) is 9.20. The highest BCUT2D eigenvalue weighted by Gasteiger charge is 2.02. The average molecular weight is 232 g/mol. The Hall–Kier alpha value is -1.55. The van der Waals surface area contributed by atoms with Crippen molar-refractivity contribution >= 4 is 0 Å². The molecule has 2 heterocycles. The van der Waals surface area contributed by atoms with E-state index in [0.717, 1.165) is 19.5 Å². The van der Waals surface area contributed by atoms with Gasteiger partial charge in [0.25, 0.3) is 0 Å². The van der Waals surface area contributed by atoms with Crippen LogP contribution in [-0.4, -0.2) is 20.4 Å². The molecule has 0 amide bonds. The Kier molecular flexibility index (Phi) is 3.64. The second-order valence-electron chi connectivity index (χ2n) is 4.58. The molecule has 0 aliphatic carbocycles. The predicted molar refractivity (Wildman–Crippen MR) is 68.8 cm³/mol. The molecule has 2 aromatic rings. The Morgan fingerprint density at radius 3 is 2.82 bits per heavy atom. The van der Waals surface area contributed by atoms with Gasteiger partial charge in [0.05, 0.1) is 12.7 Å². The summed E-state index contributed by atoms with van der Waals surface area (Å²) in [6.45, 7) is 5.91. The molecule has 0 aliphatic rings. The average Bonchev–Trinajstić information content (AvgIpc) is 2.88. The van der Waals surface area contributed by atoms with Gasteiger partial charge in [-0.1, -0.05) is 0 Å². The molecule has 4 nitrogen and oxygen atoms in total. The maximum absolute atomic E-state index is 5.79. The van der Waals surface area contributed by atoms with Crippen LogP contribution in [-0.2, 0) is 19.5 Å². The first-order chi connectivity index (χ1) is 8.17. The number of nitrogens with two attached hydrogens (primary N) is 1. The topological polar surface area (TPSA) is 48.8 Å². The molecule has 2 aromatic heterocycles. The fraction of sp³-hybridized carbons (Fsp3) is 0.462. The fourth-order valence-corrected chi connectivity index (χ4v) is 1.95. The monoisotopic (exact) mass is 232 g/mol. The summed E-state index contributed by atoms with van der Waals surface area (Å²) in [6, 6.07) is 2.35. The fourth-order valence-electron chi connectivity index (χ4n) is 1.95. The van der Waals surface area contributed by atoms with E-state index in [1.54, 1.807) is 0 Å². The van der Waals surface area contributed by atoms with Crippen LogP contribution in [0, 0.1) is 0 Å². The normalized spacial score (nSPS) is 12.9. The van der Waals surface area contributed by atoms with E-state index in [0.29, 0.717) is 0 Å². The molecule has 17 heavy (non-hydrogen) atoms. The first-order valence-electron chi connectivity index (χ1n) is 6.09. The SMILES string of the molecule is CCn1cc(Cn2ccc(CC(C)N)c2)cn1. The van der Waals surface area contributed by atoms with Gasteiger partial charge in [0.1, 0.15) is 0 Å². The van der Waals surface area contributed by atoms with E-state index in [9.17, 15) is 0 Å². The lowest BCUT2D eigenvalue weighted by molar-refractivity contribution is 0.658. The van der Waals surface area contributed by atoms with Gasteiger partial charge in [-0.15, -0.1) is 0 Å². The number of rotatable bonds is 5. The largest absolute Gasteiger partial charge is 0.350 e. The van der Waals surface area contributed by atoms with Gasteiger partial charge in [-0.3, -0.25) is 4.68 Å².